The molecule has 20 heavy (non-hydrogen) atoms. The lowest BCUT2D eigenvalue weighted by atomic mass is 9.94. The van der Waals surface area contributed by atoms with E-state index >= 15 is 0 Å². The highest BCUT2D eigenvalue weighted by Gasteiger charge is 2.27. The normalized spacial score (nSPS) is 13.2. The number of benzene rings is 1. The minimum atomic E-state index is -4.35. The molecule has 3 nitrogen and oxygen atoms in total. The Kier molecular flexibility index (Phi) is 6.48. The van der Waals surface area contributed by atoms with Gasteiger partial charge in [0.15, 0.2) is 0 Å². The molecule has 1 atom stereocenters. The number of hydrogen-bond acceptors (Lipinski definition) is 2. The highest BCUT2D eigenvalue weighted by atomic mass is 79.9. The van der Waals surface area contributed by atoms with Crippen LogP contribution in [0, 0.1) is 0 Å². The number of carboxylic acid groups (broad SMARTS) is 1. The average Bonchev–Trinajstić information content (AvgIpc) is 2.31. The molecule has 0 aliphatic rings. The van der Waals surface area contributed by atoms with E-state index in [-0.39, 0.29) is 19.4 Å². The van der Waals surface area contributed by atoms with Crippen molar-refractivity contribution >= 4 is 21.9 Å². The molecule has 0 amide bonds. The third-order valence-electron chi connectivity index (χ3n) is 2.60. The Hall–Kier alpha value is -1.08. The Morgan fingerprint density at radius 1 is 1.40 bits per heavy atom. The monoisotopic (exact) mass is 354 g/mol. The molecule has 0 saturated heterocycles. The molecular formula is C13H14BrF3O3. The lowest BCUT2D eigenvalue weighted by Gasteiger charge is -2.13. The van der Waals surface area contributed by atoms with Gasteiger partial charge >= 0.3 is 12.1 Å². The van der Waals surface area contributed by atoms with Crippen LogP contribution in [-0.2, 0) is 9.53 Å². The number of carboxylic acids is 1. The lowest BCUT2D eigenvalue weighted by molar-refractivity contribution is -0.174. The van der Waals surface area contributed by atoms with Crippen molar-refractivity contribution in [3.8, 4) is 0 Å². The standard InChI is InChI=1S/C13H14BrF3O3/c14-10-4-1-3-9(7-10)11(12(18)19)5-2-6-20-8-13(15,16)17/h1,3-4,7,11H,2,5-6,8H2,(H,18,19). The highest BCUT2D eigenvalue weighted by molar-refractivity contribution is 9.10. The number of rotatable bonds is 7. The molecule has 0 bridgehead atoms. The van der Waals surface area contributed by atoms with Gasteiger partial charge in [-0.05, 0) is 30.5 Å². The SMILES string of the molecule is O=C(O)C(CCCOCC(F)(F)F)c1cccc(Br)c1. The molecule has 112 valence electrons. The van der Waals surface area contributed by atoms with E-state index in [4.69, 9.17) is 5.11 Å². The van der Waals surface area contributed by atoms with Crippen molar-refractivity contribution in [1.29, 1.82) is 0 Å². The second kappa shape index (κ2) is 7.64. The smallest absolute Gasteiger partial charge is 0.411 e. The van der Waals surface area contributed by atoms with Crippen molar-refractivity contribution in [1.82, 2.24) is 0 Å². The summed E-state index contributed by atoms with van der Waals surface area (Å²) in [6.07, 6.45) is -3.88. The molecular weight excluding hydrogens is 341 g/mol. The second-order valence-corrected chi connectivity index (χ2v) is 5.17. The molecule has 1 unspecified atom stereocenters. The Morgan fingerprint density at radius 2 is 2.10 bits per heavy atom. The van der Waals surface area contributed by atoms with Crippen molar-refractivity contribution < 1.29 is 27.8 Å². The summed E-state index contributed by atoms with van der Waals surface area (Å²) in [6, 6.07) is 6.86. The summed E-state index contributed by atoms with van der Waals surface area (Å²) in [5, 5.41) is 9.17. The number of aliphatic carboxylic acids is 1. The van der Waals surface area contributed by atoms with Gasteiger partial charge in [-0.15, -0.1) is 0 Å². The van der Waals surface area contributed by atoms with E-state index < -0.39 is 24.7 Å². The average molecular weight is 355 g/mol. The van der Waals surface area contributed by atoms with Gasteiger partial charge in [-0.2, -0.15) is 13.2 Å². The molecule has 0 aromatic heterocycles. The van der Waals surface area contributed by atoms with Crippen LogP contribution in [0.5, 0.6) is 0 Å². The van der Waals surface area contributed by atoms with Crippen molar-refractivity contribution in [3.05, 3.63) is 34.3 Å². The summed E-state index contributed by atoms with van der Waals surface area (Å²) in [6.45, 7) is -1.42. The maximum absolute atomic E-state index is 11.9. The van der Waals surface area contributed by atoms with Crippen LogP contribution >= 0.6 is 15.9 Å². The Bertz CT molecular complexity index is 449. The van der Waals surface area contributed by atoms with Crippen LogP contribution < -0.4 is 0 Å². The molecule has 0 spiro atoms. The molecule has 1 rings (SSSR count). The third kappa shape index (κ3) is 6.38. The zero-order valence-corrected chi connectivity index (χ0v) is 12.1. The summed E-state index contributed by atoms with van der Waals surface area (Å²) < 4.78 is 40.8. The first-order valence-corrected chi connectivity index (χ1v) is 6.71. The molecule has 0 fully saturated rings. The largest absolute Gasteiger partial charge is 0.481 e. The maximum Gasteiger partial charge on any atom is 0.411 e. The van der Waals surface area contributed by atoms with Gasteiger partial charge in [0.1, 0.15) is 6.61 Å². The lowest BCUT2D eigenvalue weighted by Crippen LogP contribution is -2.18. The molecule has 0 aliphatic carbocycles. The minimum Gasteiger partial charge on any atom is -0.481 e. The van der Waals surface area contributed by atoms with Crippen molar-refractivity contribution in [2.75, 3.05) is 13.2 Å². The summed E-state index contributed by atoms with van der Waals surface area (Å²) in [7, 11) is 0. The van der Waals surface area contributed by atoms with Crippen LogP contribution in [0.3, 0.4) is 0 Å². The zero-order chi connectivity index (χ0) is 15.2. The van der Waals surface area contributed by atoms with E-state index in [1.165, 1.54) is 0 Å². The summed E-state index contributed by atoms with van der Waals surface area (Å²) in [5.74, 6) is -1.75. The molecule has 7 heteroatoms. The van der Waals surface area contributed by atoms with Gasteiger partial charge in [0.2, 0.25) is 0 Å². The van der Waals surface area contributed by atoms with E-state index in [2.05, 4.69) is 20.7 Å². The first kappa shape index (κ1) is 17.0. The Balaban J connectivity index is 2.47. The van der Waals surface area contributed by atoms with Crippen LogP contribution in [0.2, 0.25) is 0 Å². The van der Waals surface area contributed by atoms with Gasteiger partial charge < -0.3 is 9.84 Å². The molecule has 0 heterocycles. The van der Waals surface area contributed by atoms with Crippen LogP contribution in [0.15, 0.2) is 28.7 Å². The highest BCUT2D eigenvalue weighted by Crippen LogP contribution is 2.24. The number of hydrogen-bond donors (Lipinski definition) is 1. The van der Waals surface area contributed by atoms with Crippen molar-refractivity contribution in [2.45, 2.75) is 24.9 Å². The maximum atomic E-state index is 11.9. The summed E-state index contributed by atoms with van der Waals surface area (Å²) in [5.41, 5.74) is 0.614. The van der Waals surface area contributed by atoms with E-state index in [0.29, 0.717) is 5.56 Å². The predicted octanol–water partition coefficient (Wildman–Crippen LogP) is 3.98. The quantitative estimate of drug-likeness (QED) is 0.753. The van der Waals surface area contributed by atoms with Crippen LogP contribution in [-0.4, -0.2) is 30.5 Å². The first-order chi connectivity index (χ1) is 9.29. The van der Waals surface area contributed by atoms with Crippen LogP contribution in [0.1, 0.15) is 24.3 Å². The molecule has 0 radical (unpaired) electrons. The molecule has 1 aromatic carbocycles. The van der Waals surface area contributed by atoms with E-state index in [0.717, 1.165) is 4.47 Å². The fourth-order valence-electron chi connectivity index (χ4n) is 1.73. The fourth-order valence-corrected chi connectivity index (χ4v) is 2.15. The zero-order valence-electron chi connectivity index (χ0n) is 10.5. The van der Waals surface area contributed by atoms with E-state index in [9.17, 15) is 18.0 Å². The van der Waals surface area contributed by atoms with Gasteiger partial charge in [0.05, 0.1) is 5.92 Å². The second-order valence-electron chi connectivity index (χ2n) is 4.26. The van der Waals surface area contributed by atoms with Crippen molar-refractivity contribution in [2.24, 2.45) is 0 Å². The predicted molar refractivity (Wildman–Crippen MR) is 70.6 cm³/mol. The molecule has 0 saturated carbocycles. The fraction of sp³-hybridized carbons (Fsp3) is 0.462. The number of alkyl halides is 3. The summed E-state index contributed by atoms with van der Waals surface area (Å²) >= 11 is 3.25. The number of carbonyl (C=O) groups is 1. The number of halogens is 4. The number of ether oxygens (including phenoxy) is 1. The van der Waals surface area contributed by atoms with E-state index in [1.54, 1.807) is 24.3 Å². The van der Waals surface area contributed by atoms with Crippen LogP contribution in [0.4, 0.5) is 13.2 Å². The van der Waals surface area contributed by atoms with Crippen LogP contribution in [0.25, 0.3) is 0 Å². The van der Waals surface area contributed by atoms with Gasteiger partial charge in [-0.1, -0.05) is 28.1 Å². The molecule has 0 aliphatic heterocycles. The molecule has 1 N–H and O–H groups in total. The van der Waals surface area contributed by atoms with Gasteiger partial charge in [-0.3, -0.25) is 4.79 Å². The van der Waals surface area contributed by atoms with E-state index in [1.807, 2.05) is 0 Å². The van der Waals surface area contributed by atoms with Gasteiger partial charge in [0, 0.05) is 11.1 Å². The van der Waals surface area contributed by atoms with Crippen molar-refractivity contribution in [3.63, 3.8) is 0 Å². The third-order valence-corrected chi connectivity index (χ3v) is 3.09. The molecule has 1 aromatic rings. The van der Waals surface area contributed by atoms with Gasteiger partial charge in [0.25, 0.3) is 0 Å². The Morgan fingerprint density at radius 3 is 2.65 bits per heavy atom. The minimum absolute atomic E-state index is 0.114. The summed E-state index contributed by atoms with van der Waals surface area (Å²) in [4.78, 5) is 11.2. The topological polar surface area (TPSA) is 46.5 Å². The van der Waals surface area contributed by atoms with Gasteiger partial charge in [-0.25, -0.2) is 0 Å². The Labute approximate surface area is 122 Å². The first-order valence-electron chi connectivity index (χ1n) is 5.92.